The van der Waals surface area contributed by atoms with E-state index in [1.807, 2.05) is 61.5 Å². The summed E-state index contributed by atoms with van der Waals surface area (Å²) in [7, 11) is 5.22. The second-order valence-electron chi connectivity index (χ2n) is 4.78. The van der Waals surface area contributed by atoms with Crippen molar-refractivity contribution in [2.45, 2.75) is 0 Å². The second kappa shape index (κ2) is 6.10. The molecule has 0 aromatic heterocycles. The molecular weight excluding hydrogens is 264 g/mol. The number of esters is 1. The van der Waals surface area contributed by atoms with Crippen LogP contribution < -0.4 is 4.90 Å². The monoisotopic (exact) mass is 280 g/mol. The van der Waals surface area contributed by atoms with Crippen LogP contribution in [0, 0.1) is 11.3 Å². The molecule has 106 valence electrons. The van der Waals surface area contributed by atoms with Crippen LogP contribution in [0.15, 0.2) is 42.0 Å². The van der Waals surface area contributed by atoms with E-state index in [9.17, 15) is 4.79 Å². The van der Waals surface area contributed by atoms with Crippen molar-refractivity contribution in [3.8, 4) is 6.07 Å². The fraction of sp³-hybridized carbons (Fsp3) is 0.176. The van der Waals surface area contributed by atoms with Gasteiger partial charge >= 0.3 is 5.97 Å². The Balaban J connectivity index is 2.67. The van der Waals surface area contributed by atoms with Gasteiger partial charge in [-0.2, -0.15) is 5.26 Å². The molecule has 21 heavy (non-hydrogen) atoms. The van der Waals surface area contributed by atoms with Crippen LogP contribution in [0.25, 0.3) is 16.8 Å². The molecule has 0 spiro atoms. The van der Waals surface area contributed by atoms with Crippen molar-refractivity contribution < 1.29 is 9.53 Å². The molecule has 0 aliphatic rings. The van der Waals surface area contributed by atoms with Gasteiger partial charge in [0.15, 0.2) is 0 Å². The Hall–Kier alpha value is -2.80. The van der Waals surface area contributed by atoms with Crippen LogP contribution >= 0.6 is 0 Å². The topological polar surface area (TPSA) is 53.3 Å². The van der Waals surface area contributed by atoms with Crippen LogP contribution in [-0.4, -0.2) is 27.2 Å². The van der Waals surface area contributed by atoms with Crippen molar-refractivity contribution in [2.24, 2.45) is 0 Å². The molecule has 0 amide bonds. The van der Waals surface area contributed by atoms with Gasteiger partial charge in [-0.15, -0.1) is 0 Å². The average molecular weight is 280 g/mol. The van der Waals surface area contributed by atoms with Gasteiger partial charge in [0, 0.05) is 25.2 Å². The fourth-order valence-electron chi connectivity index (χ4n) is 2.22. The highest BCUT2D eigenvalue weighted by molar-refractivity contribution is 6.04. The van der Waals surface area contributed by atoms with Crippen LogP contribution in [0.2, 0.25) is 0 Å². The maximum Gasteiger partial charge on any atom is 0.348 e. The number of carbonyl (C=O) groups excluding carboxylic acids is 1. The Bertz CT molecular complexity index is 755. The maximum absolute atomic E-state index is 11.5. The van der Waals surface area contributed by atoms with Crippen molar-refractivity contribution in [3.63, 3.8) is 0 Å². The molecule has 0 atom stereocenters. The zero-order valence-electron chi connectivity index (χ0n) is 12.3. The lowest BCUT2D eigenvalue weighted by atomic mass is 10.0. The Morgan fingerprint density at radius 2 is 1.86 bits per heavy atom. The number of carbonyl (C=O) groups is 1. The van der Waals surface area contributed by atoms with E-state index in [-0.39, 0.29) is 5.57 Å². The molecule has 2 aromatic carbocycles. The number of fused-ring (bicyclic) bond motifs is 1. The van der Waals surface area contributed by atoms with Gasteiger partial charge in [-0.1, -0.05) is 30.3 Å². The van der Waals surface area contributed by atoms with Gasteiger partial charge in [0.2, 0.25) is 0 Å². The van der Waals surface area contributed by atoms with Crippen molar-refractivity contribution in [3.05, 3.63) is 47.5 Å². The van der Waals surface area contributed by atoms with Crippen molar-refractivity contribution in [1.29, 1.82) is 5.26 Å². The molecule has 0 aliphatic carbocycles. The standard InChI is InChI=1S/C17H16N2O2/c1-19(2)16-9-8-12(10-13(11-18)17(20)21-3)14-6-4-5-7-15(14)16/h4-10H,1-3H3/b13-10+. The van der Waals surface area contributed by atoms with E-state index in [0.717, 1.165) is 22.0 Å². The molecule has 2 aromatic rings. The van der Waals surface area contributed by atoms with E-state index in [0.29, 0.717) is 0 Å². The van der Waals surface area contributed by atoms with Gasteiger partial charge in [-0.3, -0.25) is 0 Å². The second-order valence-corrected chi connectivity index (χ2v) is 4.78. The summed E-state index contributed by atoms with van der Waals surface area (Å²) in [6.45, 7) is 0. The summed E-state index contributed by atoms with van der Waals surface area (Å²) in [5.74, 6) is -0.627. The molecule has 4 nitrogen and oxygen atoms in total. The maximum atomic E-state index is 11.5. The Labute approximate surface area is 123 Å². The lowest BCUT2D eigenvalue weighted by molar-refractivity contribution is -0.135. The Morgan fingerprint density at radius 3 is 2.43 bits per heavy atom. The zero-order valence-corrected chi connectivity index (χ0v) is 12.3. The Morgan fingerprint density at radius 1 is 1.19 bits per heavy atom. The number of rotatable bonds is 3. The van der Waals surface area contributed by atoms with Crippen LogP contribution in [0.5, 0.6) is 0 Å². The van der Waals surface area contributed by atoms with Crippen molar-refractivity contribution >= 4 is 28.5 Å². The van der Waals surface area contributed by atoms with Gasteiger partial charge in [0.25, 0.3) is 0 Å². The summed E-state index contributed by atoms with van der Waals surface area (Å²) in [6.07, 6.45) is 1.56. The van der Waals surface area contributed by atoms with E-state index in [2.05, 4.69) is 4.74 Å². The highest BCUT2D eigenvalue weighted by atomic mass is 16.5. The first kappa shape index (κ1) is 14.6. The van der Waals surface area contributed by atoms with Gasteiger partial charge in [-0.25, -0.2) is 4.79 Å². The third-order valence-corrected chi connectivity index (χ3v) is 3.24. The predicted molar refractivity (Wildman–Crippen MR) is 83.9 cm³/mol. The molecule has 2 rings (SSSR count). The summed E-state index contributed by atoms with van der Waals surface area (Å²) in [5.41, 5.74) is 1.89. The van der Waals surface area contributed by atoms with Crippen molar-refractivity contribution in [1.82, 2.24) is 0 Å². The van der Waals surface area contributed by atoms with Crippen molar-refractivity contribution in [2.75, 3.05) is 26.1 Å². The van der Waals surface area contributed by atoms with Crippen LogP contribution in [0.3, 0.4) is 0 Å². The minimum atomic E-state index is -0.627. The fourth-order valence-corrected chi connectivity index (χ4v) is 2.22. The minimum absolute atomic E-state index is 0.0137. The smallest absolute Gasteiger partial charge is 0.348 e. The predicted octanol–water partition coefficient (Wildman–Crippen LogP) is 2.99. The van der Waals surface area contributed by atoms with E-state index >= 15 is 0 Å². The SMILES string of the molecule is COC(=O)/C(C#N)=C/c1ccc(N(C)C)c2ccccc12. The summed E-state index contributed by atoms with van der Waals surface area (Å²) in [6, 6.07) is 13.6. The lowest BCUT2D eigenvalue weighted by Gasteiger charge is -2.16. The molecule has 0 unspecified atom stereocenters. The van der Waals surface area contributed by atoms with Crippen LogP contribution in [0.4, 0.5) is 5.69 Å². The van der Waals surface area contributed by atoms with Gasteiger partial charge in [0.1, 0.15) is 11.6 Å². The van der Waals surface area contributed by atoms with E-state index < -0.39 is 5.97 Å². The van der Waals surface area contributed by atoms with E-state index in [1.165, 1.54) is 7.11 Å². The molecular formula is C17H16N2O2. The first-order chi connectivity index (χ1) is 10.1. The molecule has 0 radical (unpaired) electrons. The zero-order chi connectivity index (χ0) is 15.4. The first-order valence-corrected chi connectivity index (χ1v) is 6.47. The molecule has 0 bridgehead atoms. The summed E-state index contributed by atoms with van der Waals surface area (Å²) in [5, 5.41) is 11.1. The van der Waals surface area contributed by atoms with Crippen LogP contribution in [0.1, 0.15) is 5.56 Å². The largest absolute Gasteiger partial charge is 0.465 e. The normalized spacial score (nSPS) is 11.0. The molecule has 0 heterocycles. The molecule has 0 N–H and O–H groups in total. The first-order valence-electron chi connectivity index (χ1n) is 6.47. The molecule has 0 aliphatic heterocycles. The number of methoxy groups -OCH3 is 1. The number of hydrogen-bond donors (Lipinski definition) is 0. The third-order valence-electron chi connectivity index (χ3n) is 3.24. The summed E-state index contributed by atoms with van der Waals surface area (Å²) in [4.78, 5) is 13.6. The number of nitrogens with zero attached hydrogens (tertiary/aromatic N) is 2. The highest BCUT2D eigenvalue weighted by Crippen LogP contribution is 2.29. The quantitative estimate of drug-likeness (QED) is 0.493. The average Bonchev–Trinajstić information content (AvgIpc) is 2.51. The molecule has 0 fully saturated rings. The van der Waals surface area contributed by atoms with Crippen LogP contribution in [-0.2, 0) is 9.53 Å². The number of anilines is 1. The number of nitriles is 1. The Kier molecular flexibility index (Phi) is 4.24. The summed E-state index contributed by atoms with van der Waals surface area (Å²) < 4.78 is 4.61. The van der Waals surface area contributed by atoms with Gasteiger partial charge < -0.3 is 9.64 Å². The molecule has 0 saturated heterocycles. The molecule has 4 heteroatoms. The lowest BCUT2D eigenvalue weighted by Crippen LogP contribution is -2.09. The minimum Gasteiger partial charge on any atom is -0.465 e. The van der Waals surface area contributed by atoms with E-state index in [4.69, 9.17) is 5.26 Å². The summed E-state index contributed by atoms with van der Waals surface area (Å²) >= 11 is 0. The van der Waals surface area contributed by atoms with Gasteiger partial charge in [-0.05, 0) is 23.1 Å². The number of ether oxygens (including phenoxy) is 1. The van der Waals surface area contributed by atoms with E-state index in [1.54, 1.807) is 6.08 Å². The molecule has 0 saturated carbocycles. The third kappa shape index (κ3) is 2.87. The highest BCUT2D eigenvalue weighted by Gasteiger charge is 2.11. The van der Waals surface area contributed by atoms with Gasteiger partial charge in [0.05, 0.1) is 7.11 Å². The number of hydrogen-bond acceptors (Lipinski definition) is 4. The number of benzene rings is 2.